The van der Waals surface area contributed by atoms with Crippen LogP contribution in [0.4, 0.5) is 0 Å². The smallest absolute Gasteiger partial charge is 0.307 e. The summed E-state index contributed by atoms with van der Waals surface area (Å²) in [5.41, 5.74) is 1.51. The summed E-state index contributed by atoms with van der Waals surface area (Å²) in [6, 6.07) is 5.40. The van der Waals surface area contributed by atoms with Gasteiger partial charge in [0.25, 0.3) is 0 Å². The molecule has 6 nitrogen and oxygen atoms in total. The lowest BCUT2D eigenvalue weighted by Crippen LogP contribution is -2.34. The third-order valence-electron chi connectivity index (χ3n) is 5.30. The molecular weight excluding hydrogens is 344 g/mol. The number of ether oxygens (including phenoxy) is 2. The number of para-hydroxylation sites is 1. The molecule has 1 aliphatic carbocycles. The zero-order valence-corrected chi connectivity index (χ0v) is 15.3. The van der Waals surface area contributed by atoms with Crippen LogP contribution in [-0.4, -0.2) is 39.5 Å². The van der Waals surface area contributed by atoms with Gasteiger partial charge in [0.05, 0.1) is 25.9 Å². The zero-order chi connectivity index (χ0) is 18.4. The third kappa shape index (κ3) is 2.80. The second kappa shape index (κ2) is 6.37. The SMILES string of the molecule is COc1cccc([C@H]2CC(C)=C3[C@H](CCS3(=O)=O)[C@H]2C(=O)O)c1OC. The fourth-order valence-electron chi connectivity index (χ4n) is 4.37. The van der Waals surface area contributed by atoms with Crippen LogP contribution in [0.3, 0.4) is 0 Å². The van der Waals surface area contributed by atoms with Crippen molar-refractivity contribution in [2.45, 2.75) is 25.7 Å². The molecule has 3 rings (SSSR count). The number of hydrogen-bond acceptors (Lipinski definition) is 5. The fourth-order valence-corrected chi connectivity index (χ4v) is 6.49. The molecule has 1 N–H and O–H groups in total. The van der Waals surface area contributed by atoms with Crippen LogP contribution < -0.4 is 9.47 Å². The summed E-state index contributed by atoms with van der Waals surface area (Å²) in [6.07, 6.45) is 0.736. The monoisotopic (exact) mass is 366 g/mol. The summed E-state index contributed by atoms with van der Waals surface area (Å²) < 4.78 is 35.5. The minimum atomic E-state index is -3.34. The Labute approximate surface area is 147 Å². The van der Waals surface area contributed by atoms with Gasteiger partial charge in [-0.25, -0.2) is 8.42 Å². The molecule has 0 aromatic heterocycles. The Morgan fingerprint density at radius 2 is 1.92 bits per heavy atom. The van der Waals surface area contributed by atoms with Crippen molar-refractivity contribution in [1.29, 1.82) is 0 Å². The second-order valence-electron chi connectivity index (χ2n) is 6.62. The van der Waals surface area contributed by atoms with Crippen LogP contribution in [0.1, 0.15) is 31.2 Å². The quantitative estimate of drug-likeness (QED) is 0.881. The van der Waals surface area contributed by atoms with Crippen molar-refractivity contribution in [2.24, 2.45) is 11.8 Å². The number of allylic oxidation sites excluding steroid dienone is 2. The lowest BCUT2D eigenvalue weighted by Gasteiger charge is -2.35. The first-order chi connectivity index (χ1) is 11.8. The van der Waals surface area contributed by atoms with E-state index < -0.39 is 27.6 Å². The van der Waals surface area contributed by atoms with Crippen LogP contribution in [0, 0.1) is 11.8 Å². The Balaban J connectivity index is 2.17. The van der Waals surface area contributed by atoms with Gasteiger partial charge >= 0.3 is 5.97 Å². The predicted octanol–water partition coefficient (Wildman–Crippen LogP) is 2.60. The highest BCUT2D eigenvalue weighted by Gasteiger charge is 2.50. The number of methoxy groups -OCH3 is 2. The average molecular weight is 366 g/mol. The molecule has 1 aromatic carbocycles. The normalized spacial score (nSPS) is 27.7. The molecule has 0 amide bonds. The molecule has 1 heterocycles. The Kier molecular flexibility index (Phi) is 4.53. The highest BCUT2D eigenvalue weighted by molar-refractivity contribution is 7.95. The highest BCUT2D eigenvalue weighted by Crippen LogP contribution is 2.53. The average Bonchev–Trinajstić information content (AvgIpc) is 2.89. The van der Waals surface area contributed by atoms with Crippen molar-refractivity contribution in [2.75, 3.05) is 20.0 Å². The minimum Gasteiger partial charge on any atom is -0.493 e. The van der Waals surface area contributed by atoms with Gasteiger partial charge in [0, 0.05) is 22.3 Å². The summed E-state index contributed by atoms with van der Waals surface area (Å²) in [5.74, 6) is -1.52. The number of hydrogen-bond donors (Lipinski definition) is 1. The van der Waals surface area contributed by atoms with Crippen molar-refractivity contribution >= 4 is 15.8 Å². The number of rotatable bonds is 4. The van der Waals surface area contributed by atoms with Crippen LogP contribution in [0.15, 0.2) is 28.7 Å². The second-order valence-corrected chi connectivity index (χ2v) is 8.69. The number of carbonyl (C=O) groups is 1. The summed E-state index contributed by atoms with van der Waals surface area (Å²) >= 11 is 0. The van der Waals surface area contributed by atoms with Crippen molar-refractivity contribution in [3.8, 4) is 11.5 Å². The van der Waals surface area contributed by atoms with E-state index >= 15 is 0 Å². The molecular formula is C18H22O6S. The zero-order valence-electron chi connectivity index (χ0n) is 14.5. The van der Waals surface area contributed by atoms with Crippen LogP contribution >= 0.6 is 0 Å². The number of benzene rings is 1. The third-order valence-corrected chi connectivity index (χ3v) is 7.40. The predicted molar refractivity (Wildman–Crippen MR) is 92.6 cm³/mol. The van der Waals surface area contributed by atoms with Crippen LogP contribution in [-0.2, 0) is 14.6 Å². The van der Waals surface area contributed by atoms with Crippen LogP contribution in [0.2, 0.25) is 0 Å². The molecule has 2 aliphatic rings. The molecule has 0 unspecified atom stereocenters. The molecule has 7 heteroatoms. The van der Waals surface area contributed by atoms with Crippen molar-refractivity contribution < 1.29 is 27.8 Å². The number of carboxylic acid groups (broad SMARTS) is 1. The topological polar surface area (TPSA) is 89.9 Å². The minimum absolute atomic E-state index is 0.0239. The molecule has 1 aliphatic heterocycles. The van der Waals surface area contributed by atoms with Gasteiger partial charge in [-0.1, -0.05) is 17.7 Å². The van der Waals surface area contributed by atoms with Crippen molar-refractivity contribution in [3.05, 3.63) is 34.2 Å². The summed E-state index contributed by atoms with van der Waals surface area (Å²) in [5, 5.41) is 9.87. The molecule has 0 bridgehead atoms. The van der Waals surface area contributed by atoms with E-state index in [2.05, 4.69) is 0 Å². The van der Waals surface area contributed by atoms with E-state index in [-0.39, 0.29) is 11.7 Å². The molecule has 1 fully saturated rings. The molecule has 0 radical (unpaired) electrons. The van der Waals surface area contributed by atoms with Crippen molar-refractivity contribution in [3.63, 3.8) is 0 Å². The number of fused-ring (bicyclic) bond motifs is 1. The number of carboxylic acids is 1. The Morgan fingerprint density at radius 1 is 1.20 bits per heavy atom. The first kappa shape index (κ1) is 17.8. The maximum atomic E-state index is 12.3. The van der Waals surface area contributed by atoms with Gasteiger partial charge in [0.2, 0.25) is 0 Å². The molecule has 3 atom stereocenters. The maximum Gasteiger partial charge on any atom is 0.307 e. The van der Waals surface area contributed by atoms with Gasteiger partial charge in [-0.2, -0.15) is 0 Å². The number of sulfone groups is 1. The Bertz CT molecular complexity index is 839. The van der Waals surface area contributed by atoms with E-state index in [0.717, 1.165) is 11.1 Å². The Hall–Kier alpha value is -2.02. The number of aliphatic carboxylic acids is 1. The van der Waals surface area contributed by atoms with E-state index in [4.69, 9.17) is 9.47 Å². The first-order valence-corrected chi connectivity index (χ1v) is 9.83. The van der Waals surface area contributed by atoms with Gasteiger partial charge in [0.1, 0.15) is 0 Å². The Morgan fingerprint density at radius 3 is 2.52 bits per heavy atom. The molecule has 1 saturated heterocycles. The van der Waals surface area contributed by atoms with E-state index in [0.29, 0.717) is 29.2 Å². The van der Waals surface area contributed by atoms with E-state index in [1.807, 2.05) is 6.07 Å². The molecule has 1 aromatic rings. The first-order valence-electron chi connectivity index (χ1n) is 8.18. The maximum absolute atomic E-state index is 12.3. The van der Waals surface area contributed by atoms with Gasteiger partial charge < -0.3 is 14.6 Å². The van der Waals surface area contributed by atoms with Gasteiger partial charge in [-0.3, -0.25) is 4.79 Å². The molecule has 136 valence electrons. The van der Waals surface area contributed by atoms with Crippen molar-refractivity contribution in [1.82, 2.24) is 0 Å². The lowest BCUT2D eigenvalue weighted by atomic mass is 9.69. The van der Waals surface area contributed by atoms with Gasteiger partial charge in [0.15, 0.2) is 21.3 Å². The molecule has 0 spiro atoms. The van der Waals surface area contributed by atoms with E-state index in [9.17, 15) is 18.3 Å². The standard InChI is InChI=1S/C18H22O6S/c1-10-9-13(11-5-4-6-14(23-2)16(11)24-3)15(18(19)20)12-7-8-25(21,22)17(10)12/h4-6,12-13,15H,7-9H2,1-3H3,(H,19,20)/t12-,13-,15-/m1/s1. The highest BCUT2D eigenvalue weighted by atomic mass is 32.2. The largest absolute Gasteiger partial charge is 0.493 e. The van der Waals surface area contributed by atoms with Gasteiger partial charge in [-0.05, 0) is 25.8 Å². The summed E-state index contributed by atoms with van der Waals surface area (Å²) in [4.78, 5) is 12.4. The lowest BCUT2D eigenvalue weighted by molar-refractivity contribution is -0.144. The fraction of sp³-hybridized carbons (Fsp3) is 0.500. The van der Waals surface area contributed by atoms with Crippen LogP contribution in [0.5, 0.6) is 11.5 Å². The van der Waals surface area contributed by atoms with E-state index in [1.54, 1.807) is 19.1 Å². The summed E-state index contributed by atoms with van der Waals surface area (Å²) in [7, 11) is -0.283. The van der Waals surface area contributed by atoms with E-state index in [1.165, 1.54) is 14.2 Å². The van der Waals surface area contributed by atoms with Crippen LogP contribution in [0.25, 0.3) is 0 Å². The molecule has 25 heavy (non-hydrogen) atoms. The molecule has 0 saturated carbocycles. The summed E-state index contributed by atoms with van der Waals surface area (Å²) in [6.45, 7) is 1.79. The van der Waals surface area contributed by atoms with Gasteiger partial charge in [-0.15, -0.1) is 0 Å².